The monoisotopic (exact) mass is 456 g/mol. The average molecular weight is 457 g/mol. The molecule has 0 unspecified atom stereocenters. The molecule has 0 N–H and O–H groups in total. The Labute approximate surface area is 192 Å². The largest absolute Gasteiger partial charge is 0.355 e. The summed E-state index contributed by atoms with van der Waals surface area (Å²) in [5, 5.41) is 0. The lowest BCUT2D eigenvalue weighted by molar-refractivity contribution is -0.123. The quantitative estimate of drug-likeness (QED) is 0.512. The molecule has 164 valence electrons. The lowest BCUT2D eigenvalue weighted by Crippen LogP contribution is -2.40. The zero-order chi connectivity index (χ0) is 22.4. The van der Waals surface area contributed by atoms with Gasteiger partial charge in [-0.3, -0.25) is 18.9 Å². The molecule has 0 aliphatic carbocycles. The van der Waals surface area contributed by atoms with Gasteiger partial charge in [0.05, 0.1) is 10.5 Å². The van der Waals surface area contributed by atoms with Crippen LogP contribution in [-0.2, 0) is 4.79 Å². The highest BCUT2D eigenvalue weighted by atomic mass is 32.2. The predicted octanol–water partition coefficient (Wildman–Crippen LogP) is 4.09. The van der Waals surface area contributed by atoms with Gasteiger partial charge in [0.25, 0.3) is 11.5 Å². The highest BCUT2D eigenvalue weighted by molar-refractivity contribution is 8.26. The number of hydrogen-bond acceptors (Lipinski definition) is 6. The number of thiocarbonyl (C=S) groups is 1. The molecule has 31 heavy (non-hydrogen) atoms. The second kappa shape index (κ2) is 8.39. The Morgan fingerprint density at radius 3 is 2.48 bits per heavy atom. The van der Waals surface area contributed by atoms with Gasteiger partial charge in [0.1, 0.15) is 15.8 Å². The fourth-order valence-electron chi connectivity index (χ4n) is 4.51. The maximum atomic E-state index is 13.6. The number of fused-ring (bicyclic) bond motifs is 1. The molecular formula is C23H28N4O2S2. The van der Waals surface area contributed by atoms with E-state index in [1.807, 2.05) is 32.9 Å². The zero-order valence-electron chi connectivity index (χ0n) is 18.6. The van der Waals surface area contributed by atoms with Crippen LogP contribution >= 0.6 is 24.0 Å². The van der Waals surface area contributed by atoms with Crippen molar-refractivity contribution in [2.75, 3.05) is 18.0 Å². The van der Waals surface area contributed by atoms with Crippen LogP contribution in [0.15, 0.2) is 28.0 Å². The number of pyridine rings is 1. The maximum Gasteiger partial charge on any atom is 0.267 e. The van der Waals surface area contributed by atoms with Crippen molar-refractivity contribution in [2.45, 2.75) is 47.1 Å². The van der Waals surface area contributed by atoms with Crippen molar-refractivity contribution in [1.29, 1.82) is 0 Å². The number of rotatable bonds is 3. The molecule has 0 aromatic carbocycles. The van der Waals surface area contributed by atoms with E-state index >= 15 is 0 Å². The summed E-state index contributed by atoms with van der Waals surface area (Å²) >= 11 is 6.67. The molecule has 6 nitrogen and oxygen atoms in total. The molecule has 2 fully saturated rings. The molecule has 0 saturated carbocycles. The molecule has 0 bridgehead atoms. The van der Waals surface area contributed by atoms with Crippen molar-refractivity contribution < 1.29 is 4.79 Å². The molecule has 8 heteroatoms. The Bertz CT molecular complexity index is 1140. The summed E-state index contributed by atoms with van der Waals surface area (Å²) in [5.74, 6) is 1.52. The number of thioether (sulfide) groups is 1. The average Bonchev–Trinajstić information content (AvgIpc) is 2.96. The van der Waals surface area contributed by atoms with Gasteiger partial charge >= 0.3 is 0 Å². The van der Waals surface area contributed by atoms with Crippen molar-refractivity contribution in [3.63, 3.8) is 0 Å². The molecule has 4 heterocycles. The lowest BCUT2D eigenvalue weighted by atomic mass is 9.91. The SMILES string of the molecule is Cc1ccc2nc(N3C[C@H](C)C[C@@H](C)C3)c(/C=C3\SC(=S)N(C(C)C)C3=O)c(=O)n2c1. The zero-order valence-corrected chi connectivity index (χ0v) is 20.2. The minimum atomic E-state index is -0.163. The summed E-state index contributed by atoms with van der Waals surface area (Å²) < 4.78 is 2.10. The standard InChI is InChI=1S/C23H28N4O2S2/c1-13(2)27-22(29)18(31-23(27)30)9-17-20(25-10-15(4)8-16(5)11-25)24-19-7-6-14(3)12-26(19)21(17)28/h6-7,9,12-13,15-16H,8,10-11H2,1-5H3/b18-9-/t15-,16-/m1/s1. The van der Waals surface area contributed by atoms with Gasteiger partial charge in [0, 0.05) is 25.3 Å². The van der Waals surface area contributed by atoms with Gasteiger partial charge in [-0.1, -0.05) is 43.9 Å². The van der Waals surface area contributed by atoms with Crippen LogP contribution in [0.4, 0.5) is 5.82 Å². The summed E-state index contributed by atoms with van der Waals surface area (Å²) in [6.07, 6.45) is 4.66. The number of anilines is 1. The van der Waals surface area contributed by atoms with Crippen LogP contribution < -0.4 is 10.5 Å². The van der Waals surface area contributed by atoms with Crippen molar-refractivity contribution in [3.05, 3.63) is 44.7 Å². The van der Waals surface area contributed by atoms with Gasteiger partial charge in [-0.15, -0.1) is 0 Å². The predicted molar refractivity (Wildman–Crippen MR) is 132 cm³/mol. The number of carbonyl (C=O) groups is 1. The van der Waals surface area contributed by atoms with Crippen LogP contribution in [-0.4, -0.2) is 43.6 Å². The van der Waals surface area contributed by atoms with E-state index in [1.165, 1.54) is 11.8 Å². The molecule has 0 radical (unpaired) electrons. The second-order valence-corrected chi connectivity index (χ2v) is 10.8. The number of carbonyl (C=O) groups excluding carboxylic acids is 1. The van der Waals surface area contributed by atoms with E-state index in [9.17, 15) is 9.59 Å². The fourth-order valence-corrected chi connectivity index (χ4v) is 6.01. The van der Waals surface area contributed by atoms with Crippen molar-refractivity contribution in [2.24, 2.45) is 11.8 Å². The minimum absolute atomic E-state index is 0.0276. The highest BCUT2D eigenvalue weighted by Crippen LogP contribution is 2.35. The van der Waals surface area contributed by atoms with Crippen molar-refractivity contribution >= 4 is 51.7 Å². The molecule has 2 aromatic heterocycles. The summed E-state index contributed by atoms with van der Waals surface area (Å²) in [6, 6.07) is 3.81. The third-order valence-electron chi connectivity index (χ3n) is 5.77. The van der Waals surface area contributed by atoms with Gasteiger partial charge in [0.15, 0.2) is 0 Å². The van der Waals surface area contributed by atoms with Gasteiger partial charge in [-0.05, 0) is 56.7 Å². The van der Waals surface area contributed by atoms with Crippen LogP contribution in [0.5, 0.6) is 0 Å². The number of aryl methyl sites for hydroxylation is 1. The molecule has 4 rings (SSSR count). The van der Waals surface area contributed by atoms with Gasteiger partial charge in [-0.25, -0.2) is 4.98 Å². The number of aromatic nitrogens is 2. The Kier molecular flexibility index (Phi) is 5.96. The lowest BCUT2D eigenvalue weighted by Gasteiger charge is -2.36. The highest BCUT2D eigenvalue weighted by Gasteiger charge is 2.35. The van der Waals surface area contributed by atoms with Crippen molar-refractivity contribution in [1.82, 2.24) is 14.3 Å². The van der Waals surface area contributed by atoms with Crippen LogP contribution in [0.25, 0.3) is 11.7 Å². The number of nitrogens with zero attached hydrogens (tertiary/aromatic N) is 4. The third kappa shape index (κ3) is 4.15. The Balaban J connectivity index is 1.90. The molecule has 1 amide bonds. The van der Waals surface area contributed by atoms with E-state index in [0.717, 1.165) is 25.1 Å². The molecule has 2 atom stereocenters. The Hall–Kier alpha value is -2.19. The third-order valence-corrected chi connectivity index (χ3v) is 7.10. The van der Waals surface area contributed by atoms with Gasteiger partial charge in [0.2, 0.25) is 0 Å². The number of piperidine rings is 1. The number of hydrogen-bond donors (Lipinski definition) is 0. The fraction of sp³-hybridized carbons (Fsp3) is 0.478. The topological polar surface area (TPSA) is 57.9 Å². The molecule has 2 aliphatic heterocycles. The first-order valence-corrected chi connectivity index (χ1v) is 11.9. The van der Waals surface area contributed by atoms with Crippen LogP contribution in [0.1, 0.15) is 45.2 Å². The maximum absolute atomic E-state index is 13.6. The van der Waals surface area contributed by atoms with Gasteiger partial charge < -0.3 is 4.90 Å². The van der Waals surface area contributed by atoms with Crippen LogP contribution in [0.3, 0.4) is 0 Å². The Morgan fingerprint density at radius 1 is 1.19 bits per heavy atom. The summed E-state index contributed by atoms with van der Waals surface area (Å²) in [7, 11) is 0. The van der Waals surface area contributed by atoms with E-state index < -0.39 is 0 Å². The normalized spacial score (nSPS) is 23.6. The smallest absolute Gasteiger partial charge is 0.267 e. The van der Waals surface area contributed by atoms with E-state index in [-0.39, 0.29) is 17.5 Å². The van der Waals surface area contributed by atoms with Crippen LogP contribution in [0.2, 0.25) is 0 Å². The van der Waals surface area contributed by atoms with E-state index in [0.29, 0.717) is 38.1 Å². The first-order chi connectivity index (χ1) is 14.7. The second-order valence-electron chi connectivity index (χ2n) is 9.09. The first kappa shape index (κ1) is 22.0. The van der Waals surface area contributed by atoms with Crippen molar-refractivity contribution in [3.8, 4) is 0 Å². The minimum Gasteiger partial charge on any atom is -0.355 e. The van der Waals surface area contributed by atoms with E-state index in [2.05, 4.69) is 18.7 Å². The summed E-state index contributed by atoms with van der Waals surface area (Å²) in [6.45, 7) is 12.0. The molecule has 2 aromatic rings. The van der Waals surface area contributed by atoms with E-state index in [1.54, 1.807) is 21.6 Å². The molecule has 2 aliphatic rings. The van der Waals surface area contributed by atoms with Crippen LogP contribution in [0, 0.1) is 18.8 Å². The molecule has 2 saturated heterocycles. The first-order valence-electron chi connectivity index (χ1n) is 10.7. The van der Waals surface area contributed by atoms with E-state index in [4.69, 9.17) is 17.2 Å². The molecule has 0 spiro atoms. The van der Waals surface area contributed by atoms with Gasteiger partial charge in [-0.2, -0.15) is 0 Å². The Morgan fingerprint density at radius 2 is 1.87 bits per heavy atom. The summed E-state index contributed by atoms with van der Waals surface area (Å²) in [4.78, 5) is 35.7. The number of amides is 1. The summed E-state index contributed by atoms with van der Waals surface area (Å²) in [5.41, 5.74) is 1.88. The molecular weight excluding hydrogens is 428 g/mol.